The fourth-order valence-electron chi connectivity index (χ4n) is 5.29. The van der Waals surface area contributed by atoms with Crippen molar-refractivity contribution in [2.75, 3.05) is 38.2 Å². The van der Waals surface area contributed by atoms with Crippen LogP contribution in [0, 0.1) is 0 Å². The summed E-state index contributed by atoms with van der Waals surface area (Å²) in [6.07, 6.45) is 1.83. The maximum atomic E-state index is 14.0. The number of methoxy groups -OCH3 is 4. The highest BCUT2D eigenvalue weighted by atomic mass is 32.2. The lowest BCUT2D eigenvalue weighted by Gasteiger charge is -2.32. The highest BCUT2D eigenvalue weighted by molar-refractivity contribution is 7.99. The number of nitrogens with zero attached hydrogens (tertiary/aromatic N) is 5. The summed E-state index contributed by atoms with van der Waals surface area (Å²) in [5, 5.41) is 8.78. The molecule has 11 heteroatoms. The maximum absolute atomic E-state index is 14.0. The zero-order valence-corrected chi connectivity index (χ0v) is 26.3. The third-order valence-corrected chi connectivity index (χ3v) is 8.63. The van der Waals surface area contributed by atoms with Crippen LogP contribution < -0.4 is 28.7 Å². The molecule has 1 aromatic heterocycles. The molecule has 6 rings (SSSR count). The molecule has 0 aliphatic carbocycles. The number of aromatic nitrogens is 3. The van der Waals surface area contributed by atoms with Gasteiger partial charge in [0.1, 0.15) is 18.0 Å². The van der Waals surface area contributed by atoms with Crippen molar-refractivity contribution in [3.8, 4) is 23.0 Å². The van der Waals surface area contributed by atoms with E-state index in [1.165, 1.54) is 9.79 Å². The van der Waals surface area contributed by atoms with E-state index in [1.54, 1.807) is 61.9 Å². The molecule has 0 saturated carbocycles. The second-order valence-electron chi connectivity index (χ2n) is 10.2. The molecule has 2 heterocycles. The van der Waals surface area contributed by atoms with Crippen LogP contribution in [0.15, 0.2) is 101 Å². The lowest BCUT2D eigenvalue weighted by Crippen LogP contribution is -2.33. The highest BCUT2D eigenvalue weighted by Gasteiger charge is 2.25. The first-order valence-corrected chi connectivity index (χ1v) is 15.1. The van der Waals surface area contributed by atoms with Gasteiger partial charge in [-0.25, -0.2) is 4.68 Å². The van der Waals surface area contributed by atoms with Gasteiger partial charge >= 0.3 is 0 Å². The van der Waals surface area contributed by atoms with Gasteiger partial charge in [-0.2, -0.15) is 0 Å². The Morgan fingerprint density at radius 1 is 0.800 bits per heavy atom. The van der Waals surface area contributed by atoms with Crippen LogP contribution in [0.1, 0.15) is 11.3 Å². The van der Waals surface area contributed by atoms with Crippen molar-refractivity contribution in [1.29, 1.82) is 0 Å². The third kappa shape index (κ3) is 6.25. The summed E-state index contributed by atoms with van der Waals surface area (Å²) in [5.74, 6) is 1.88. The van der Waals surface area contributed by atoms with E-state index in [2.05, 4.69) is 39.5 Å². The van der Waals surface area contributed by atoms with Crippen LogP contribution in [-0.2, 0) is 24.4 Å². The number of rotatable bonds is 11. The fraction of sp³-hybridized carbons (Fsp3) is 0.206. The molecule has 1 aliphatic heterocycles. The number of hydrogen-bond donors (Lipinski definition) is 0. The number of carbonyl (C=O) groups is 1. The SMILES string of the molecule is COc1ccc(CN(C(=O)Cn2cc(CN3c4ccccc4Sc4ccccc43)nn2)c2cc(OC)c(OC)c(OC)c2)cc1. The van der Waals surface area contributed by atoms with E-state index in [4.69, 9.17) is 18.9 Å². The maximum Gasteiger partial charge on any atom is 0.249 e. The largest absolute Gasteiger partial charge is 0.497 e. The Morgan fingerprint density at radius 3 is 2.00 bits per heavy atom. The lowest BCUT2D eigenvalue weighted by molar-refractivity contribution is -0.119. The Morgan fingerprint density at radius 2 is 1.42 bits per heavy atom. The van der Waals surface area contributed by atoms with E-state index in [0.29, 0.717) is 36.0 Å². The van der Waals surface area contributed by atoms with Gasteiger partial charge in [-0.3, -0.25) is 4.79 Å². The molecule has 0 spiro atoms. The number of hydrogen-bond acceptors (Lipinski definition) is 9. The van der Waals surface area contributed by atoms with E-state index in [0.717, 1.165) is 28.4 Å². The molecule has 10 nitrogen and oxygen atoms in total. The molecule has 1 aliphatic rings. The molecule has 230 valence electrons. The molecular weight excluding hydrogens is 590 g/mol. The van der Waals surface area contributed by atoms with Crippen LogP contribution in [0.5, 0.6) is 23.0 Å². The zero-order valence-electron chi connectivity index (χ0n) is 25.5. The normalized spacial score (nSPS) is 11.8. The predicted molar refractivity (Wildman–Crippen MR) is 173 cm³/mol. The van der Waals surface area contributed by atoms with Crippen molar-refractivity contribution in [3.63, 3.8) is 0 Å². The Kier molecular flexibility index (Phi) is 8.79. The minimum atomic E-state index is -0.193. The fourth-order valence-corrected chi connectivity index (χ4v) is 6.38. The summed E-state index contributed by atoms with van der Waals surface area (Å²) < 4.78 is 23.6. The highest BCUT2D eigenvalue weighted by Crippen LogP contribution is 2.48. The molecule has 1 amide bonds. The van der Waals surface area contributed by atoms with Crippen LogP contribution in [0.2, 0.25) is 0 Å². The van der Waals surface area contributed by atoms with Crippen LogP contribution in [0.25, 0.3) is 0 Å². The Hall–Kier alpha value is -5.16. The number of ether oxygens (including phenoxy) is 4. The summed E-state index contributed by atoms with van der Waals surface area (Å²) in [4.78, 5) is 20.3. The Balaban J connectivity index is 1.28. The number of benzene rings is 4. The quantitative estimate of drug-likeness (QED) is 0.167. The van der Waals surface area contributed by atoms with Crippen molar-refractivity contribution in [2.45, 2.75) is 29.4 Å². The van der Waals surface area contributed by atoms with Crippen LogP contribution in [-0.4, -0.2) is 49.3 Å². The molecule has 5 aromatic rings. The van der Waals surface area contributed by atoms with Gasteiger partial charge < -0.3 is 28.7 Å². The van der Waals surface area contributed by atoms with Crippen LogP contribution >= 0.6 is 11.8 Å². The predicted octanol–water partition coefficient (Wildman–Crippen LogP) is 6.35. The first-order chi connectivity index (χ1) is 22.0. The van der Waals surface area contributed by atoms with Gasteiger partial charge in [0.15, 0.2) is 11.5 Å². The van der Waals surface area contributed by atoms with Crippen molar-refractivity contribution in [3.05, 3.63) is 102 Å². The summed E-state index contributed by atoms with van der Waals surface area (Å²) >= 11 is 1.76. The average molecular weight is 624 g/mol. The van der Waals surface area contributed by atoms with Crippen molar-refractivity contribution in [1.82, 2.24) is 15.0 Å². The molecule has 45 heavy (non-hydrogen) atoms. The number of carbonyl (C=O) groups excluding carboxylic acids is 1. The molecule has 0 unspecified atom stereocenters. The van der Waals surface area contributed by atoms with E-state index in [9.17, 15) is 4.79 Å². The van der Waals surface area contributed by atoms with Crippen LogP contribution in [0.3, 0.4) is 0 Å². The minimum absolute atomic E-state index is 0.0250. The molecule has 0 radical (unpaired) electrons. The molecular formula is C34H33N5O5S. The molecule has 0 fully saturated rings. The topological polar surface area (TPSA) is 91.2 Å². The van der Waals surface area contributed by atoms with Gasteiger partial charge in [-0.15, -0.1) is 5.10 Å². The smallest absolute Gasteiger partial charge is 0.249 e. The Labute approximate surface area is 266 Å². The van der Waals surface area contributed by atoms with E-state index in [-0.39, 0.29) is 12.5 Å². The summed E-state index contributed by atoms with van der Waals surface area (Å²) in [6.45, 7) is 0.774. The van der Waals surface area contributed by atoms with Gasteiger partial charge in [0, 0.05) is 21.9 Å². The molecule has 0 saturated heterocycles. The number of fused-ring (bicyclic) bond motifs is 2. The lowest BCUT2D eigenvalue weighted by atomic mass is 10.1. The van der Waals surface area contributed by atoms with Crippen molar-refractivity contribution in [2.24, 2.45) is 0 Å². The van der Waals surface area contributed by atoms with Crippen molar-refractivity contribution >= 4 is 34.7 Å². The second kappa shape index (κ2) is 13.2. The molecule has 0 atom stereocenters. The third-order valence-electron chi connectivity index (χ3n) is 7.50. The number of amides is 1. The standard InChI is InChI=1S/C34H33N5O5S/c1-41-26-15-13-23(14-16-26)19-38(25-17-29(42-2)34(44-4)30(18-25)43-3)33(40)22-37-20-24(35-36-37)21-39-27-9-5-7-11-31(27)45-32-12-8-6-10-28(32)39/h5-18,20H,19,21-22H2,1-4H3. The van der Waals surface area contributed by atoms with Crippen molar-refractivity contribution < 1.29 is 23.7 Å². The first kappa shape index (κ1) is 29.9. The van der Waals surface area contributed by atoms with Gasteiger partial charge in [0.05, 0.1) is 64.8 Å². The van der Waals surface area contributed by atoms with Gasteiger partial charge in [0.2, 0.25) is 11.7 Å². The van der Waals surface area contributed by atoms with Gasteiger partial charge in [-0.05, 0) is 42.0 Å². The zero-order chi connectivity index (χ0) is 31.3. The van der Waals surface area contributed by atoms with Gasteiger partial charge in [0.25, 0.3) is 0 Å². The number of para-hydroxylation sites is 2. The molecule has 0 bridgehead atoms. The van der Waals surface area contributed by atoms with E-state index < -0.39 is 0 Å². The minimum Gasteiger partial charge on any atom is -0.497 e. The molecule has 0 N–H and O–H groups in total. The second-order valence-corrected chi connectivity index (χ2v) is 11.3. The average Bonchev–Trinajstić information content (AvgIpc) is 3.52. The first-order valence-electron chi connectivity index (χ1n) is 14.3. The molecule has 4 aromatic carbocycles. The van der Waals surface area contributed by atoms with Crippen LogP contribution in [0.4, 0.5) is 17.1 Å². The number of anilines is 3. The monoisotopic (exact) mass is 623 g/mol. The van der Waals surface area contributed by atoms with E-state index in [1.807, 2.05) is 54.7 Å². The summed E-state index contributed by atoms with van der Waals surface area (Å²) in [7, 11) is 6.26. The summed E-state index contributed by atoms with van der Waals surface area (Å²) in [6, 6.07) is 27.8. The summed E-state index contributed by atoms with van der Waals surface area (Å²) in [5.41, 5.74) is 4.47. The van der Waals surface area contributed by atoms with E-state index >= 15 is 0 Å². The van der Waals surface area contributed by atoms with Gasteiger partial charge in [-0.1, -0.05) is 53.4 Å². The Bertz CT molecular complexity index is 1740.